The molecule has 1 aliphatic rings. The van der Waals surface area contributed by atoms with Crippen LogP contribution in [-0.4, -0.2) is 35.0 Å². The van der Waals surface area contributed by atoms with Gasteiger partial charge in [0.05, 0.1) is 4.88 Å². The molecule has 0 spiro atoms. The Balaban J connectivity index is 1.15. The second-order valence-electron chi connectivity index (χ2n) is 8.28. The van der Waals surface area contributed by atoms with Crippen LogP contribution >= 0.6 is 11.3 Å². The van der Waals surface area contributed by atoms with Crippen molar-refractivity contribution in [3.63, 3.8) is 0 Å². The molecule has 1 saturated heterocycles. The number of fused-ring (bicyclic) bond motifs is 1. The highest BCUT2D eigenvalue weighted by atomic mass is 32.1. The number of thiophene rings is 1. The molecule has 3 N–H and O–H groups in total. The van der Waals surface area contributed by atoms with E-state index in [0.29, 0.717) is 21.8 Å². The van der Waals surface area contributed by atoms with E-state index in [-0.39, 0.29) is 23.5 Å². The summed E-state index contributed by atoms with van der Waals surface area (Å²) in [6.45, 7) is 1.44. The zero-order valence-electron chi connectivity index (χ0n) is 18.4. The van der Waals surface area contributed by atoms with Gasteiger partial charge in [-0.2, -0.15) is 0 Å². The second kappa shape index (κ2) is 9.52. The third-order valence-electron chi connectivity index (χ3n) is 6.03. The van der Waals surface area contributed by atoms with Gasteiger partial charge in [0.2, 0.25) is 5.91 Å². The van der Waals surface area contributed by atoms with Gasteiger partial charge in [-0.15, -0.1) is 11.3 Å². The van der Waals surface area contributed by atoms with E-state index in [9.17, 15) is 14.7 Å². The van der Waals surface area contributed by atoms with E-state index in [1.807, 2.05) is 29.6 Å². The lowest BCUT2D eigenvalue weighted by Crippen LogP contribution is -2.38. The quantitative estimate of drug-likeness (QED) is 0.375. The predicted octanol–water partition coefficient (Wildman–Crippen LogP) is 5.11. The van der Waals surface area contributed by atoms with Crippen molar-refractivity contribution in [2.45, 2.75) is 12.8 Å². The summed E-state index contributed by atoms with van der Waals surface area (Å²) in [5.74, 6) is 0.760. The number of nitrogens with one attached hydrogen (secondary N) is 2. The summed E-state index contributed by atoms with van der Waals surface area (Å²) in [6, 6.07) is 20.1. The first-order chi connectivity index (χ1) is 16.6. The third-order valence-corrected chi connectivity index (χ3v) is 6.90. The molecule has 172 valence electrons. The lowest BCUT2D eigenvalue weighted by molar-refractivity contribution is -0.120. The van der Waals surface area contributed by atoms with Crippen LogP contribution in [0.25, 0.3) is 10.9 Å². The van der Waals surface area contributed by atoms with E-state index >= 15 is 0 Å². The number of nitrogens with zero attached hydrogens (tertiary/aromatic N) is 2. The first kappa shape index (κ1) is 21.9. The molecule has 0 unspecified atom stereocenters. The van der Waals surface area contributed by atoms with E-state index in [2.05, 4.69) is 20.5 Å². The fourth-order valence-electron chi connectivity index (χ4n) is 4.15. The zero-order valence-corrected chi connectivity index (χ0v) is 19.2. The van der Waals surface area contributed by atoms with Crippen molar-refractivity contribution in [2.75, 3.05) is 28.6 Å². The van der Waals surface area contributed by atoms with E-state index in [1.54, 1.807) is 42.5 Å². The van der Waals surface area contributed by atoms with E-state index < -0.39 is 0 Å². The molecule has 5 rings (SSSR count). The number of rotatable bonds is 5. The molecule has 2 aromatic carbocycles. The maximum Gasteiger partial charge on any atom is 0.265 e. The fraction of sp³-hybridized carbons (Fsp3) is 0.192. The molecule has 2 amide bonds. The lowest BCUT2D eigenvalue weighted by Gasteiger charge is -2.32. The monoisotopic (exact) mass is 472 g/mol. The lowest BCUT2D eigenvalue weighted by atomic mass is 9.95. The summed E-state index contributed by atoms with van der Waals surface area (Å²) >= 11 is 1.39. The number of phenols is 1. The number of carbonyl (C=O) groups excluding carboxylic acids is 2. The Morgan fingerprint density at radius 2 is 1.65 bits per heavy atom. The van der Waals surface area contributed by atoms with Crippen LogP contribution in [0.2, 0.25) is 0 Å². The van der Waals surface area contributed by atoms with Gasteiger partial charge in [-0.3, -0.25) is 9.59 Å². The van der Waals surface area contributed by atoms with Crippen LogP contribution in [0.15, 0.2) is 72.1 Å². The zero-order chi connectivity index (χ0) is 23.5. The number of benzene rings is 2. The van der Waals surface area contributed by atoms with E-state index in [4.69, 9.17) is 0 Å². The van der Waals surface area contributed by atoms with Gasteiger partial charge in [0.15, 0.2) is 0 Å². The topological polar surface area (TPSA) is 94.6 Å². The smallest absolute Gasteiger partial charge is 0.265 e. The van der Waals surface area contributed by atoms with Crippen LogP contribution in [0.1, 0.15) is 22.5 Å². The maximum absolute atomic E-state index is 12.8. The molecule has 8 heteroatoms. The molecule has 0 saturated carbocycles. The van der Waals surface area contributed by atoms with Crippen molar-refractivity contribution in [3.05, 3.63) is 77.0 Å². The molecule has 34 heavy (non-hydrogen) atoms. The van der Waals surface area contributed by atoms with Crippen LogP contribution in [-0.2, 0) is 4.79 Å². The number of para-hydroxylation sites is 1. The van der Waals surface area contributed by atoms with Gasteiger partial charge in [0.25, 0.3) is 5.91 Å². The summed E-state index contributed by atoms with van der Waals surface area (Å²) in [7, 11) is 0. The van der Waals surface area contributed by atoms with Crippen LogP contribution in [0.4, 0.5) is 17.2 Å². The van der Waals surface area contributed by atoms with Crippen LogP contribution in [0.3, 0.4) is 0 Å². The number of phenolic OH excluding ortho intramolecular Hbond substituents is 1. The minimum absolute atomic E-state index is 0.000800. The van der Waals surface area contributed by atoms with Gasteiger partial charge in [-0.25, -0.2) is 4.98 Å². The molecule has 1 aliphatic heterocycles. The van der Waals surface area contributed by atoms with Crippen molar-refractivity contribution in [3.8, 4) is 5.75 Å². The van der Waals surface area contributed by atoms with Crippen molar-refractivity contribution in [1.29, 1.82) is 0 Å². The van der Waals surface area contributed by atoms with Crippen molar-refractivity contribution >= 4 is 51.2 Å². The van der Waals surface area contributed by atoms with Gasteiger partial charge in [-0.1, -0.05) is 18.2 Å². The number of hydrogen-bond donors (Lipinski definition) is 3. The highest BCUT2D eigenvalue weighted by Gasteiger charge is 2.26. The Labute approximate surface area is 201 Å². The Morgan fingerprint density at radius 3 is 2.35 bits per heavy atom. The van der Waals surface area contributed by atoms with Crippen LogP contribution in [0.5, 0.6) is 5.75 Å². The van der Waals surface area contributed by atoms with Crippen molar-refractivity contribution in [1.82, 2.24) is 4.98 Å². The second-order valence-corrected chi connectivity index (χ2v) is 9.23. The molecule has 0 aliphatic carbocycles. The summed E-state index contributed by atoms with van der Waals surface area (Å²) in [5, 5.41) is 18.7. The first-order valence-corrected chi connectivity index (χ1v) is 12.0. The van der Waals surface area contributed by atoms with Crippen molar-refractivity contribution in [2.24, 2.45) is 5.92 Å². The minimum atomic E-state index is -0.144. The van der Waals surface area contributed by atoms with Gasteiger partial charge in [-0.05, 0) is 66.8 Å². The van der Waals surface area contributed by atoms with Gasteiger partial charge in [0.1, 0.15) is 17.1 Å². The minimum Gasteiger partial charge on any atom is -0.506 e. The molecule has 0 radical (unpaired) electrons. The largest absolute Gasteiger partial charge is 0.506 e. The van der Waals surface area contributed by atoms with Crippen LogP contribution in [0, 0.1) is 5.92 Å². The Kier molecular flexibility index (Phi) is 6.14. The normalized spacial score (nSPS) is 14.2. The fourth-order valence-corrected chi connectivity index (χ4v) is 4.77. The number of aromatic nitrogens is 1. The number of amides is 2. The highest BCUT2D eigenvalue weighted by molar-refractivity contribution is 7.12. The molecule has 1 fully saturated rings. The number of piperidine rings is 1. The predicted molar refractivity (Wildman–Crippen MR) is 136 cm³/mol. The Hall–Kier alpha value is -3.91. The maximum atomic E-state index is 12.8. The number of aromatic hydroxyl groups is 1. The molecular formula is C26H24N4O3S. The van der Waals surface area contributed by atoms with E-state index in [1.165, 1.54) is 11.3 Å². The summed E-state index contributed by atoms with van der Waals surface area (Å²) in [6.07, 6.45) is 1.45. The molecule has 0 bridgehead atoms. The average molecular weight is 473 g/mol. The number of pyridine rings is 1. The number of carbonyl (C=O) groups is 2. The Bertz CT molecular complexity index is 1310. The summed E-state index contributed by atoms with van der Waals surface area (Å²) < 4.78 is 0. The molecular weight excluding hydrogens is 448 g/mol. The standard InChI is InChI=1S/C26H24N4O3S/c31-21-4-1-3-17-6-11-23(29-24(17)21)30-14-12-18(13-15-30)25(32)27-19-7-9-20(10-8-19)28-26(33)22-5-2-16-34-22/h1-11,16,18,31H,12-15H2,(H,27,32)(H,28,33). The highest BCUT2D eigenvalue weighted by Crippen LogP contribution is 2.28. The number of hydrogen-bond acceptors (Lipinski definition) is 6. The average Bonchev–Trinajstić information content (AvgIpc) is 3.41. The van der Waals surface area contributed by atoms with Crippen LogP contribution < -0.4 is 15.5 Å². The summed E-state index contributed by atoms with van der Waals surface area (Å²) in [4.78, 5) is 32.4. The molecule has 3 heterocycles. The number of anilines is 3. The van der Waals surface area contributed by atoms with Gasteiger partial charge in [0, 0.05) is 35.8 Å². The molecule has 7 nitrogen and oxygen atoms in total. The van der Waals surface area contributed by atoms with E-state index in [0.717, 1.165) is 37.1 Å². The van der Waals surface area contributed by atoms with Crippen molar-refractivity contribution < 1.29 is 14.7 Å². The van der Waals surface area contributed by atoms with Gasteiger partial charge < -0.3 is 20.6 Å². The third kappa shape index (κ3) is 4.72. The summed E-state index contributed by atoms with van der Waals surface area (Å²) in [5.41, 5.74) is 1.97. The molecule has 4 aromatic rings. The SMILES string of the molecule is O=C(Nc1ccc(NC(=O)C2CCN(c3ccc4cccc(O)c4n3)CC2)cc1)c1cccs1. The molecule has 0 atom stereocenters. The Morgan fingerprint density at radius 1 is 0.912 bits per heavy atom. The van der Waals surface area contributed by atoms with Gasteiger partial charge >= 0.3 is 0 Å². The molecule has 2 aromatic heterocycles. The first-order valence-electron chi connectivity index (χ1n) is 11.2.